The first kappa shape index (κ1) is 13.5. The van der Waals surface area contributed by atoms with E-state index in [1.165, 1.54) is 0 Å². The molecule has 4 nitrogen and oxygen atoms in total. The predicted octanol–water partition coefficient (Wildman–Crippen LogP) is 1.86. The third-order valence-corrected chi connectivity index (χ3v) is 2.77. The highest BCUT2D eigenvalue weighted by Crippen LogP contribution is 2.16. The Labute approximate surface area is 103 Å². The minimum atomic E-state index is -0.0576. The van der Waals surface area contributed by atoms with E-state index in [2.05, 4.69) is 17.0 Å². The third kappa shape index (κ3) is 4.07. The molecule has 0 aliphatic rings. The van der Waals surface area contributed by atoms with Gasteiger partial charge in [-0.05, 0) is 25.6 Å². The summed E-state index contributed by atoms with van der Waals surface area (Å²) in [5, 5.41) is 12.0. The van der Waals surface area contributed by atoms with Gasteiger partial charge >= 0.3 is 0 Å². The molecule has 3 N–H and O–H groups in total. The van der Waals surface area contributed by atoms with E-state index in [1.54, 1.807) is 0 Å². The number of oxime groups is 1. The second-order valence-corrected chi connectivity index (χ2v) is 4.25. The van der Waals surface area contributed by atoms with Crippen LogP contribution in [0.15, 0.2) is 35.5 Å². The summed E-state index contributed by atoms with van der Waals surface area (Å²) in [7, 11) is 2.05. The maximum Gasteiger partial charge on any atom is 0.147 e. The highest BCUT2D eigenvalue weighted by molar-refractivity contribution is 5.87. The summed E-state index contributed by atoms with van der Waals surface area (Å²) in [5.74, 6) is 0.205. The molecule has 0 amide bonds. The summed E-state index contributed by atoms with van der Waals surface area (Å²) < 4.78 is 0. The first-order valence-corrected chi connectivity index (χ1v) is 5.90. The summed E-state index contributed by atoms with van der Waals surface area (Å²) in [4.78, 5) is 2.19. The van der Waals surface area contributed by atoms with Gasteiger partial charge in [-0.1, -0.05) is 42.4 Å². The highest BCUT2D eigenvalue weighted by Gasteiger charge is 2.18. The van der Waals surface area contributed by atoms with E-state index in [0.717, 1.165) is 25.1 Å². The Bertz CT molecular complexity index is 351. The lowest BCUT2D eigenvalue weighted by atomic mass is 9.97. The minimum absolute atomic E-state index is 0.0576. The zero-order valence-electron chi connectivity index (χ0n) is 10.5. The molecule has 0 aliphatic carbocycles. The van der Waals surface area contributed by atoms with Crippen LogP contribution < -0.4 is 5.73 Å². The Hall–Kier alpha value is -1.55. The van der Waals surface area contributed by atoms with Gasteiger partial charge in [0.05, 0.1) is 5.92 Å². The van der Waals surface area contributed by atoms with Crippen molar-refractivity contribution >= 4 is 5.84 Å². The van der Waals surface area contributed by atoms with Gasteiger partial charge in [0.2, 0.25) is 0 Å². The molecule has 1 aromatic carbocycles. The topological polar surface area (TPSA) is 61.8 Å². The number of hydrogen-bond donors (Lipinski definition) is 2. The van der Waals surface area contributed by atoms with Crippen LogP contribution in [0.1, 0.15) is 24.8 Å². The molecule has 94 valence electrons. The average Bonchev–Trinajstić information content (AvgIpc) is 2.36. The van der Waals surface area contributed by atoms with E-state index in [0.29, 0.717) is 0 Å². The van der Waals surface area contributed by atoms with Gasteiger partial charge in [-0.3, -0.25) is 0 Å². The average molecular weight is 235 g/mol. The molecule has 0 fully saturated rings. The van der Waals surface area contributed by atoms with E-state index >= 15 is 0 Å². The van der Waals surface area contributed by atoms with Crippen molar-refractivity contribution in [3.8, 4) is 0 Å². The molecule has 1 aromatic rings. The molecule has 1 atom stereocenters. The molecule has 0 bridgehead atoms. The van der Waals surface area contributed by atoms with Gasteiger partial charge in [0.15, 0.2) is 0 Å². The first-order chi connectivity index (χ1) is 8.19. The molecule has 0 aliphatic heterocycles. The smallest absolute Gasteiger partial charge is 0.147 e. The van der Waals surface area contributed by atoms with Crippen LogP contribution in [-0.2, 0) is 0 Å². The van der Waals surface area contributed by atoms with Gasteiger partial charge in [-0.25, -0.2) is 0 Å². The Morgan fingerprint density at radius 3 is 2.59 bits per heavy atom. The largest absolute Gasteiger partial charge is 0.409 e. The van der Waals surface area contributed by atoms with Gasteiger partial charge in [-0.15, -0.1) is 0 Å². The van der Waals surface area contributed by atoms with Gasteiger partial charge in [0, 0.05) is 6.54 Å². The lowest BCUT2D eigenvalue weighted by Gasteiger charge is -2.23. The number of amidine groups is 1. The highest BCUT2D eigenvalue weighted by atomic mass is 16.4. The van der Waals surface area contributed by atoms with Crippen molar-refractivity contribution in [2.45, 2.75) is 19.3 Å². The Kier molecular flexibility index (Phi) is 5.49. The van der Waals surface area contributed by atoms with E-state index in [-0.39, 0.29) is 11.8 Å². The molecule has 0 saturated carbocycles. The Balaban J connectivity index is 2.82. The van der Waals surface area contributed by atoms with Crippen molar-refractivity contribution in [1.29, 1.82) is 0 Å². The van der Waals surface area contributed by atoms with Crippen molar-refractivity contribution < 1.29 is 5.21 Å². The van der Waals surface area contributed by atoms with E-state index in [9.17, 15) is 0 Å². The Morgan fingerprint density at radius 2 is 2.06 bits per heavy atom. The fourth-order valence-electron chi connectivity index (χ4n) is 1.91. The van der Waals surface area contributed by atoms with Gasteiger partial charge in [-0.2, -0.15) is 0 Å². The third-order valence-electron chi connectivity index (χ3n) is 2.77. The Morgan fingerprint density at radius 1 is 1.41 bits per heavy atom. The lowest BCUT2D eigenvalue weighted by molar-refractivity contribution is 0.305. The monoisotopic (exact) mass is 235 g/mol. The van der Waals surface area contributed by atoms with Crippen LogP contribution in [0.5, 0.6) is 0 Å². The summed E-state index contributed by atoms with van der Waals surface area (Å²) in [5.41, 5.74) is 6.84. The normalized spacial score (nSPS) is 13.9. The van der Waals surface area contributed by atoms with Crippen LogP contribution in [0.4, 0.5) is 0 Å². The molecular formula is C13H21N3O. The summed E-state index contributed by atoms with van der Waals surface area (Å²) in [6.07, 6.45) is 1.09. The number of benzene rings is 1. The molecule has 0 aromatic heterocycles. The predicted molar refractivity (Wildman–Crippen MR) is 70.4 cm³/mol. The molecule has 0 heterocycles. The van der Waals surface area contributed by atoms with Crippen LogP contribution >= 0.6 is 0 Å². The van der Waals surface area contributed by atoms with E-state index in [4.69, 9.17) is 10.9 Å². The fraction of sp³-hybridized carbons (Fsp3) is 0.462. The number of nitrogens with zero attached hydrogens (tertiary/aromatic N) is 2. The van der Waals surface area contributed by atoms with Crippen molar-refractivity contribution in [2.75, 3.05) is 20.1 Å². The maximum absolute atomic E-state index is 8.85. The minimum Gasteiger partial charge on any atom is -0.409 e. The van der Waals surface area contributed by atoms with Crippen LogP contribution in [0.25, 0.3) is 0 Å². The summed E-state index contributed by atoms with van der Waals surface area (Å²) in [6, 6.07) is 9.90. The summed E-state index contributed by atoms with van der Waals surface area (Å²) >= 11 is 0. The zero-order chi connectivity index (χ0) is 12.7. The van der Waals surface area contributed by atoms with Crippen molar-refractivity contribution in [1.82, 2.24) is 4.90 Å². The number of likely N-dealkylation sites (N-methyl/N-ethyl adjacent to an activating group) is 1. The zero-order valence-corrected chi connectivity index (χ0v) is 10.5. The molecular weight excluding hydrogens is 214 g/mol. The second-order valence-electron chi connectivity index (χ2n) is 4.25. The SMILES string of the molecule is CCCN(C)CC(C(N)=NO)c1ccccc1. The number of nitrogens with two attached hydrogens (primary N) is 1. The standard InChI is InChI=1S/C13H21N3O/c1-3-9-16(2)10-12(13(14)15-17)11-7-5-4-6-8-11/h4-8,12,17H,3,9-10H2,1-2H3,(H2,14,15). The van der Waals surface area contributed by atoms with Crippen LogP contribution in [0.2, 0.25) is 0 Å². The summed E-state index contributed by atoms with van der Waals surface area (Å²) in [6.45, 7) is 3.90. The number of rotatable bonds is 6. The second kappa shape index (κ2) is 6.91. The molecule has 17 heavy (non-hydrogen) atoms. The molecule has 4 heteroatoms. The lowest BCUT2D eigenvalue weighted by Crippen LogP contribution is -2.33. The van der Waals surface area contributed by atoms with Crippen molar-refractivity contribution in [3.05, 3.63) is 35.9 Å². The van der Waals surface area contributed by atoms with Gasteiger partial charge in [0.25, 0.3) is 0 Å². The van der Waals surface area contributed by atoms with Crippen molar-refractivity contribution in [3.63, 3.8) is 0 Å². The van der Waals surface area contributed by atoms with E-state index in [1.807, 2.05) is 37.4 Å². The van der Waals surface area contributed by atoms with Gasteiger partial charge < -0.3 is 15.8 Å². The van der Waals surface area contributed by atoms with Crippen molar-refractivity contribution in [2.24, 2.45) is 10.9 Å². The molecule has 0 radical (unpaired) electrons. The van der Waals surface area contributed by atoms with Crippen LogP contribution in [-0.4, -0.2) is 36.1 Å². The fourth-order valence-corrected chi connectivity index (χ4v) is 1.91. The number of hydrogen-bond acceptors (Lipinski definition) is 3. The van der Waals surface area contributed by atoms with Crippen LogP contribution in [0.3, 0.4) is 0 Å². The molecule has 1 rings (SSSR count). The quantitative estimate of drug-likeness (QED) is 0.342. The molecule has 0 spiro atoms. The van der Waals surface area contributed by atoms with Crippen LogP contribution in [0, 0.1) is 0 Å². The molecule has 1 unspecified atom stereocenters. The maximum atomic E-state index is 8.85. The van der Waals surface area contributed by atoms with Gasteiger partial charge in [0.1, 0.15) is 5.84 Å². The first-order valence-electron chi connectivity index (χ1n) is 5.90. The van der Waals surface area contributed by atoms with E-state index < -0.39 is 0 Å². The molecule has 0 saturated heterocycles.